The van der Waals surface area contributed by atoms with Crippen molar-refractivity contribution in [1.82, 2.24) is 9.55 Å². The molecule has 1 amide bonds. The van der Waals surface area contributed by atoms with Crippen LogP contribution in [-0.2, 0) is 11.3 Å². The lowest BCUT2D eigenvalue weighted by Gasteiger charge is -2.18. The summed E-state index contributed by atoms with van der Waals surface area (Å²) in [6.07, 6.45) is 0.408. The van der Waals surface area contributed by atoms with Gasteiger partial charge in [-0.15, -0.1) is 0 Å². The van der Waals surface area contributed by atoms with Gasteiger partial charge >= 0.3 is 0 Å². The van der Waals surface area contributed by atoms with Gasteiger partial charge in [0.2, 0.25) is 5.91 Å². The number of para-hydroxylation sites is 2. The molecule has 1 aromatic heterocycles. The minimum Gasteiger partial charge on any atom is -0.494 e. The second kappa shape index (κ2) is 9.08. The third-order valence-electron chi connectivity index (χ3n) is 5.98. The van der Waals surface area contributed by atoms with Gasteiger partial charge in [-0.3, -0.25) is 4.79 Å². The summed E-state index contributed by atoms with van der Waals surface area (Å²) in [5.74, 6) is 1.75. The standard InChI is InChI=1S/C26H23Cl2N3O2/c1-2-33-21-11-9-20(10-12-21)30-16-18(13-25(30)32)26-29-23-5-3-4-6-24(23)31(26)15-17-7-8-19(27)14-22(17)28/h3-12,14,18H,2,13,15-16H2,1H3. The molecule has 1 fully saturated rings. The van der Waals surface area contributed by atoms with Crippen molar-refractivity contribution in [1.29, 1.82) is 0 Å². The van der Waals surface area contributed by atoms with E-state index in [-0.39, 0.29) is 11.8 Å². The highest BCUT2D eigenvalue weighted by molar-refractivity contribution is 6.35. The summed E-state index contributed by atoms with van der Waals surface area (Å²) in [5, 5.41) is 1.22. The molecule has 33 heavy (non-hydrogen) atoms. The summed E-state index contributed by atoms with van der Waals surface area (Å²) >= 11 is 12.6. The van der Waals surface area contributed by atoms with Crippen molar-refractivity contribution in [3.63, 3.8) is 0 Å². The summed E-state index contributed by atoms with van der Waals surface area (Å²) in [7, 11) is 0. The smallest absolute Gasteiger partial charge is 0.227 e. The van der Waals surface area contributed by atoms with E-state index in [2.05, 4.69) is 10.6 Å². The number of ether oxygens (including phenoxy) is 1. The second-order valence-corrected chi connectivity index (χ2v) is 8.96. The highest BCUT2D eigenvalue weighted by Gasteiger charge is 2.35. The van der Waals surface area contributed by atoms with E-state index < -0.39 is 0 Å². The Morgan fingerprint density at radius 1 is 1.06 bits per heavy atom. The maximum Gasteiger partial charge on any atom is 0.227 e. The van der Waals surface area contributed by atoms with Crippen molar-refractivity contribution < 1.29 is 9.53 Å². The largest absolute Gasteiger partial charge is 0.494 e. The van der Waals surface area contributed by atoms with E-state index in [9.17, 15) is 4.79 Å². The number of hydrogen-bond acceptors (Lipinski definition) is 3. The molecule has 5 rings (SSSR count). The molecule has 1 unspecified atom stereocenters. The van der Waals surface area contributed by atoms with Crippen LogP contribution in [-0.4, -0.2) is 28.6 Å². The number of carbonyl (C=O) groups excluding carboxylic acids is 1. The average molecular weight is 480 g/mol. The monoisotopic (exact) mass is 479 g/mol. The van der Waals surface area contributed by atoms with Crippen LogP contribution in [0.3, 0.4) is 0 Å². The molecule has 7 heteroatoms. The van der Waals surface area contributed by atoms with Crippen molar-refractivity contribution in [3.8, 4) is 5.75 Å². The molecule has 1 aliphatic heterocycles. The Kier molecular flexibility index (Phi) is 6.00. The Morgan fingerprint density at radius 2 is 1.85 bits per heavy atom. The number of amides is 1. The lowest BCUT2D eigenvalue weighted by molar-refractivity contribution is -0.117. The molecule has 168 valence electrons. The van der Waals surface area contributed by atoms with Crippen LogP contribution < -0.4 is 9.64 Å². The number of halogens is 2. The van der Waals surface area contributed by atoms with Crippen LogP contribution in [0.2, 0.25) is 10.0 Å². The van der Waals surface area contributed by atoms with Crippen molar-refractivity contribution in [2.45, 2.75) is 25.8 Å². The number of benzene rings is 3. The summed E-state index contributed by atoms with van der Waals surface area (Å²) in [6, 6.07) is 21.2. The quantitative estimate of drug-likeness (QED) is 0.325. The van der Waals surface area contributed by atoms with Gasteiger partial charge in [-0.2, -0.15) is 0 Å². The Hall–Kier alpha value is -3.02. The fourth-order valence-corrected chi connectivity index (χ4v) is 4.88. The molecular formula is C26H23Cl2N3O2. The van der Waals surface area contributed by atoms with Crippen LogP contribution in [0.4, 0.5) is 5.69 Å². The number of imidazole rings is 1. The van der Waals surface area contributed by atoms with Crippen molar-refractivity contribution >= 4 is 45.8 Å². The number of fused-ring (bicyclic) bond motifs is 1. The maximum atomic E-state index is 13.0. The number of aromatic nitrogens is 2. The molecule has 0 bridgehead atoms. The predicted molar refractivity (Wildman–Crippen MR) is 133 cm³/mol. The third-order valence-corrected chi connectivity index (χ3v) is 6.56. The van der Waals surface area contributed by atoms with Gasteiger partial charge in [0.1, 0.15) is 11.6 Å². The van der Waals surface area contributed by atoms with Gasteiger partial charge in [0.05, 0.1) is 24.2 Å². The number of rotatable bonds is 6. The van der Waals surface area contributed by atoms with E-state index in [1.807, 2.05) is 66.4 Å². The Labute approximate surface area is 202 Å². The van der Waals surface area contributed by atoms with Gasteiger partial charge in [-0.25, -0.2) is 4.98 Å². The average Bonchev–Trinajstić information content (AvgIpc) is 3.37. The number of carbonyl (C=O) groups is 1. The van der Waals surface area contributed by atoms with E-state index in [1.165, 1.54) is 0 Å². The van der Waals surface area contributed by atoms with E-state index in [0.717, 1.165) is 33.9 Å². The predicted octanol–water partition coefficient (Wildman–Crippen LogP) is 6.31. The van der Waals surface area contributed by atoms with Crippen LogP contribution in [0, 0.1) is 0 Å². The first-order valence-electron chi connectivity index (χ1n) is 11.0. The normalized spacial score (nSPS) is 16.0. The van der Waals surface area contributed by atoms with Crippen molar-refractivity contribution in [3.05, 3.63) is 88.2 Å². The lowest BCUT2D eigenvalue weighted by Crippen LogP contribution is -2.24. The zero-order valence-corrected chi connectivity index (χ0v) is 19.7. The molecule has 0 spiro atoms. The van der Waals surface area contributed by atoms with Crippen LogP contribution in [0.5, 0.6) is 5.75 Å². The van der Waals surface area contributed by atoms with E-state index in [4.69, 9.17) is 32.9 Å². The van der Waals surface area contributed by atoms with Crippen molar-refractivity contribution in [2.24, 2.45) is 0 Å². The van der Waals surface area contributed by atoms with Crippen LogP contribution in [0.25, 0.3) is 11.0 Å². The number of anilines is 1. The zero-order valence-electron chi connectivity index (χ0n) is 18.2. The lowest BCUT2D eigenvalue weighted by atomic mass is 10.1. The molecular weight excluding hydrogens is 457 g/mol. The SMILES string of the molecule is CCOc1ccc(N2CC(c3nc4ccccc4n3Cc3ccc(Cl)cc3Cl)CC2=O)cc1. The first-order chi connectivity index (χ1) is 16.0. The van der Waals surface area contributed by atoms with Gasteiger partial charge < -0.3 is 14.2 Å². The summed E-state index contributed by atoms with van der Waals surface area (Å²) < 4.78 is 7.70. The summed E-state index contributed by atoms with van der Waals surface area (Å²) in [6.45, 7) is 3.69. The van der Waals surface area contributed by atoms with Crippen molar-refractivity contribution in [2.75, 3.05) is 18.1 Å². The fraction of sp³-hybridized carbons (Fsp3) is 0.231. The molecule has 0 radical (unpaired) electrons. The molecule has 1 atom stereocenters. The van der Waals surface area contributed by atoms with E-state index in [1.54, 1.807) is 6.07 Å². The molecule has 3 aromatic carbocycles. The zero-order chi connectivity index (χ0) is 22.9. The molecule has 0 saturated carbocycles. The highest BCUT2D eigenvalue weighted by Crippen LogP contribution is 2.34. The summed E-state index contributed by atoms with van der Waals surface area (Å²) in [5.41, 5.74) is 3.75. The third kappa shape index (κ3) is 4.31. The van der Waals surface area contributed by atoms with Gasteiger partial charge in [-0.05, 0) is 61.0 Å². The number of hydrogen-bond donors (Lipinski definition) is 0. The molecule has 5 nitrogen and oxygen atoms in total. The van der Waals surface area contributed by atoms with E-state index >= 15 is 0 Å². The van der Waals surface area contributed by atoms with Crippen LogP contribution in [0.15, 0.2) is 66.7 Å². The summed E-state index contributed by atoms with van der Waals surface area (Å²) in [4.78, 5) is 19.7. The first kappa shape index (κ1) is 21.8. The van der Waals surface area contributed by atoms with E-state index in [0.29, 0.717) is 36.2 Å². The topological polar surface area (TPSA) is 47.4 Å². The molecule has 0 N–H and O–H groups in total. The van der Waals surface area contributed by atoms with Gasteiger partial charge in [-0.1, -0.05) is 41.4 Å². The first-order valence-corrected chi connectivity index (χ1v) is 11.7. The maximum absolute atomic E-state index is 13.0. The minimum atomic E-state index is -0.0254. The van der Waals surface area contributed by atoms with Crippen LogP contribution in [0.1, 0.15) is 30.7 Å². The van der Waals surface area contributed by atoms with Gasteiger partial charge in [0, 0.05) is 34.6 Å². The molecule has 1 saturated heterocycles. The molecule has 4 aromatic rings. The number of nitrogens with zero attached hydrogens (tertiary/aromatic N) is 3. The highest BCUT2D eigenvalue weighted by atomic mass is 35.5. The molecule has 2 heterocycles. The Morgan fingerprint density at radius 3 is 2.61 bits per heavy atom. The fourth-order valence-electron chi connectivity index (χ4n) is 4.41. The Balaban J connectivity index is 1.48. The molecule has 0 aliphatic carbocycles. The van der Waals surface area contributed by atoms with Gasteiger partial charge in [0.25, 0.3) is 0 Å². The molecule has 1 aliphatic rings. The van der Waals surface area contributed by atoms with Gasteiger partial charge in [0.15, 0.2) is 0 Å². The van der Waals surface area contributed by atoms with Crippen LogP contribution >= 0.6 is 23.2 Å². The minimum absolute atomic E-state index is 0.0254. The second-order valence-electron chi connectivity index (χ2n) is 8.11. The Bertz CT molecular complexity index is 1320.